The number of amides is 1. The molecule has 0 spiro atoms. The van der Waals surface area contributed by atoms with E-state index in [1.165, 1.54) is 5.56 Å². The van der Waals surface area contributed by atoms with Crippen molar-refractivity contribution in [2.45, 2.75) is 47.1 Å². The number of amidine groups is 1. The second-order valence-corrected chi connectivity index (χ2v) is 8.99. The molecule has 2 aromatic carbocycles. The highest BCUT2D eigenvalue weighted by molar-refractivity contribution is 6.04. The van der Waals surface area contributed by atoms with Crippen molar-refractivity contribution < 1.29 is 9.53 Å². The van der Waals surface area contributed by atoms with Gasteiger partial charge in [-0.25, -0.2) is 4.99 Å². The molecule has 2 aliphatic rings. The molecule has 158 valence electrons. The van der Waals surface area contributed by atoms with Gasteiger partial charge in [0.05, 0.1) is 5.56 Å². The highest BCUT2D eigenvalue weighted by Gasteiger charge is 2.31. The highest BCUT2D eigenvalue weighted by Crippen LogP contribution is 2.39. The number of aryl methyl sites for hydroxylation is 2. The molecule has 5 nitrogen and oxygen atoms in total. The van der Waals surface area contributed by atoms with Gasteiger partial charge in [0.1, 0.15) is 17.3 Å². The molecule has 1 atom stereocenters. The van der Waals surface area contributed by atoms with E-state index in [0.29, 0.717) is 18.9 Å². The van der Waals surface area contributed by atoms with E-state index in [1.54, 1.807) is 0 Å². The number of fused-ring (bicyclic) bond motifs is 2. The van der Waals surface area contributed by atoms with Crippen molar-refractivity contribution in [3.63, 3.8) is 0 Å². The minimum Gasteiger partial charge on any atom is -0.454 e. The van der Waals surface area contributed by atoms with Gasteiger partial charge >= 0.3 is 0 Å². The zero-order chi connectivity index (χ0) is 21.4. The van der Waals surface area contributed by atoms with Crippen molar-refractivity contribution in [3.05, 3.63) is 53.1 Å². The van der Waals surface area contributed by atoms with Gasteiger partial charge in [0, 0.05) is 32.1 Å². The molecule has 30 heavy (non-hydrogen) atoms. The fraction of sp³-hybridized carbons (Fsp3) is 0.440. The SMILES string of the molecule is Cc1ccc2c(c1)Oc1ccc(C)cc1C(N1CCN(C(=O)CC(C)C)C(C)C1)=N2. The summed E-state index contributed by atoms with van der Waals surface area (Å²) in [4.78, 5) is 22.0. The van der Waals surface area contributed by atoms with Gasteiger partial charge in [-0.3, -0.25) is 4.79 Å². The molecular weight excluding hydrogens is 374 g/mol. The van der Waals surface area contributed by atoms with E-state index in [1.807, 2.05) is 23.1 Å². The lowest BCUT2D eigenvalue weighted by Crippen LogP contribution is -2.55. The normalized spacial score (nSPS) is 18.3. The lowest BCUT2D eigenvalue weighted by atomic mass is 10.1. The summed E-state index contributed by atoms with van der Waals surface area (Å²) in [6.45, 7) is 12.7. The van der Waals surface area contributed by atoms with Crippen molar-refractivity contribution in [1.29, 1.82) is 0 Å². The lowest BCUT2D eigenvalue weighted by Gasteiger charge is -2.41. The molecule has 0 N–H and O–H groups in total. The quantitative estimate of drug-likeness (QED) is 0.701. The Morgan fingerprint density at radius 1 is 1.10 bits per heavy atom. The van der Waals surface area contributed by atoms with Gasteiger partial charge in [0.15, 0.2) is 5.75 Å². The van der Waals surface area contributed by atoms with Crippen LogP contribution in [-0.4, -0.2) is 47.2 Å². The topological polar surface area (TPSA) is 45.1 Å². The Bertz CT molecular complexity index is 996. The van der Waals surface area contributed by atoms with Crippen LogP contribution in [0, 0.1) is 19.8 Å². The number of ether oxygens (including phenoxy) is 1. The molecule has 0 aromatic heterocycles. The minimum absolute atomic E-state index is 0.141. The van der Waals surface area contributed by atoms with E-state index < -0.39 is 0 Å². The Morgan fingerprint density at radius 3 is 2.57 bits per heavy atom. The first-order valence-corrected chi connectivity index (χ1v) is 10.8. The number of nitrogens with zero attached hydrogens (tertiary/aromatic N) is 3. The fourth-order valence-electron chi connectivity index (χ4n) is 4.22. The average Bonchev–Trinajstić information content (AvgIpc) is 2.83. The van der Waals surface area contributed by atoms with E-state index in [4.69, 9.17) is 9.73 Å². The van der Waals surface area contributed by atoms with Crippen molar-refractivity contribution in [2.75, 3.05) is 19.6 Å². The number of hydrogen-bond donors (Lipinski definition) is 0. The van der Waals surface area contributed by atoms with E-state index in [9.17, 15) is 4.79 Å². The zero-order valence-corrected chi connectivity index (χ0v) is 18.6. The van der Waals surface area contributed by atoms with Crippen LogP contribution in [0.4, 0.5) is 5.69 Å². The molecule has 1 amide bonds. The van der Waals surface area contributed by atoms with Crippen LogP contribution >= 0.6 is 0 Å². The zero-order valence-electron chi connectivity index (χ0n) is 18.6. The Hall–Kier alpha value is -2.82. The summed E-state index contributed by atoms with van der Waals surface area (Å²) in [7, 11) is 0. The lowest BCUT2D eigenvalue weighted by molar-refractivity contribution is -0.135. The molecule has 2 heterocycles. The number of carbonyl (C=O) groups excluding carboxylic acids is 1. The summed E-state index contributed by atoms with van der Waals surface area (Å²) in [5, 5.41) is 0. The smallest absolute Gasteiger partial charge is 0.223 e. The molecule has 2 aliphatic heterocycles. The Kier molecular flexibility index (Phi) is 5.54. The maximum absolute atomic E-state index is 12.7. The third-order valence-electron chi connectivity index (χ3n) is 5.77. The third kappa shape index (κ3) is 4.07. The molecule has 0 aliphatic carbocycles. The minimum atomic E-state index is 0.141. The van der Waals surface area contributed by atoms with Crippen LogP contribution in [0.25, 0.3) is 0 Å². The molecule has 1 fully saturated rings. The summed E-state index contributed by atoms with van der Waals surface area (Å²) in [5.74, 6) is 3.17. The maximum Gasteiger partial charge on any atom is 0.223 e. The highest BCUT2D eigenvalue weighted by atomic mass is 16.5. The van der Waals surface area contributed by atoms with Crippen LogP contribution in [0.15, 0.2) is 41.4 Å². The fourth-order valence-corrected chi connectivity index (χ4v) is 4.22. The second kappa shape index (κ2) is 8.13. The predicted octanol–water partition coefficient (Wildman–Crippen LogP) is 5.07. The molecular formula is C25H31N3O2. The van der Waals surface area contributed by atoms with Gasteiger partial charge in [-0.15, -0.1) is 0 Å². The van der Waals surface area contributed by atoms with Gasteiger partial charge in [0.25, 0.3) is 0 Å². The van der Waals surface area contributed by atoms with E-state index in [2.05, 4.69) is 57.7 Å². The van der Waals surface area contributed by atoms with Gasteiger partial charge in [-0.05, 0) is 56.5 Å². The number of rotatable bonds is 2. The first kappa shape index (κ1) is 20.5. The molecule has 4 rings (SSSR count). The number of benzene rings is 2. The summed E-state index contributed by atoms with van der Waals surface area (Å²) in [6.07, 6.45) is 0.605. The van der Waals surface area contributed by atoms with Gasteiger partial charge in [-0.1, -0.05) is 31.5 Å². The van der Waals surface area contributed by atoms with Gasteiger partial charge < -0.3 is 14.5 Å². The summed E-state index contributed by atoms with van der Waals surface area (Å²) < 4.78 is 6.28. The van der Waals surface area contributed by atoms with Crippen LogP contribution in [0.1, 0.15) is 43.9 Å². The van der Waals surface area contributed by atoms with E-state index in [0.717, 1.165) is 47.2 Å². The van der Waals surface area contributed by atoms with Crippen LogP contribution in [-0.2, 0) is 4.79 Å². The van der Waals surface area contributed by atoms with Crippen LogP contribution in [0.5, 0.6) is 11.5 Å². The monoisotopic (exact) mass is 405 g/mol. The molecule has 5 heteroatoms. The standard InChI is InChI=1S/C25H31N3O2/c1-16(2)12-24(29)28-11-10-27(15-19(28)5)25-20-13-17(3)7-9-22(20)30-23-14-18(4)6-8-21(23)26-25/h6-9,13-14,16,19H,10-12,15H2,1-5H3. The molecule has 2 aromatic rings. The Balaban J connectivity index is 1.68. The number of hydrogen-bond acceptors (Lipinski definition) is 4. The number of carbonyl (C=O) groups is 1. The van der Waals surface area contributed by atoms with Crippen LogP contribution < -0.4 is 4.74 Å². The number of aliphatic imine (C=N–C) groups is 1. The Labute approximate surface area is 179 Å². The molecule has 0 bridgehead atoms. The summed E-state index contributed by atoms with van der Waals surface area (Å²) >= 11 is 0. The number of piperazine rings is 1. The predicted molar refractivity (Wildman–Crippen MR) is 121 cm³/mol. The molecule has 1 unspecified atom stereocenters. The molecule has 0 saturated carbocycles. The summed E-state index contributed by atoms with van der Waals surface area (Å²) in [6, 6.07) is 12.5. The van der Waals surface area contributed by atoms with Crippen molar-refractivity contribution in [3.8, 4) is 11.5 Å². The first-order chi connectivity index (χ1) is 14.3. The van der Waals surface area contributed by atoms with Crippen LogP contribution in [0.2, 0.25) is 0 Å². The third-order valence-corrected chi connectivity index (χ3v) is 5.77. The largest absolute Gasteiger partial charge is 0.454 e. The molecule has 1 saturated heterocycles. The van der Waals surface area contributed by atoms with Crippen molar-refractivity contribution in [2.24, 2.45) is 10.9 Å². The molecule has 0 radical (unpaired) electrons. The van der Waals surface area contributed by atoms with Crippen LogP contribution in [0.3, 0.4) is 0 Å². The summed E-state index contributed by atoms with van der Waals surface area (Å²) in [5.41, 5.74) is 4.17. The van der Waals surface area contributed by atoms with Crippen molar-refractivity contribution >= 4 is 17.4 Å². The van der Waals surface area contributed by atoms with E-state index in [-0.39, 0.29) is 11.9 Å². The first-order valence-electron chi connectivity index (χ1n) is 10.8. The average molecular weight is 406 g/mol. The second-order valence-electron chi connectivity index (χ2n) is 8.99. The Morgan fingerprint density at radius 2 is 1.83 bits per heavy atom. The van der Waals surface area contributed by atoms with Gasteiger partial charge in [-0.2, -0.15) is 0 Å². The maximum atomic E-state index is 12.7. The van der Waals surface area contributed by atoms with Crippen molar-refractivity contribution in [1.82, 2.24) is 9.80 Å². The van der Waals surface area contributed by atoms with Gasteiger partial charge in [0.2, 0.25) is 5.91 Å². The van der Waals surface area contributed by atoms with E-state index >= 15 is 0 Å².